The number of hydrogen-bond donors (Lipinski definition) is 1. The second-order valence-electron chi connectivity index (χ2n) is 10.1. The number of halogens is 4. The minimum Gasteiger partial charge on any atom is -0.308 e. The fourth-order valence-corrected chi connectivity index (χ4v) is 7.71. The van der Waals surface area contributed by atoms with Gasteiger partial charge in [-0.25, -0.2) is 9.67 Å². The number of benzene rings is 1. The average molecular weight is 585 g/mol. The van der Waals surface area contributed by atoms with Gasteiger partial charge in [-0.05, 0) is 95.6 Å². The molecule has 2 heterocycles. The van der Waals surface area contributed by atoms with E-state index in [2.05, 4.69) is 36.4 Å². The van der Waals surface area contributed by atoms with Crippen molar-refractivity contribution in [2.24, 2.45) is 17.3 Å². The van der Waals surface area contributed by atoms with Gasteiger partial charge in [0, 0.05) is 6.20 Å². The molecule has 0 aliphatic heterocycles. The summed E-state index contributed by atoms with van der Waals surface area (Å²) in [6.45, 7) is 0.511. The molecule has 0 spiro atoms. The summed E-state index contributed by atoms with van der Waals surface area (Å²) in [5.74, 6) is 1.58. The molecule has 34 heavy (non-hydrogen) atoms. The fraction of sp³-hybridized carbons (Fsp3) is 0.478. The molecule has 11 heteroatoms. The number of hydrogen-bond acceptors (Lipinski definition) is 4. The van der Waals surface area contributed by atoms with E-state index in [0.717, 1.165) is 42.1 Å². The van der Waals surface area contributed by atoms with Crippen LogP contribution in [0.25, 0.3) is 0 Å². The maximum atomic E-state index is 13.8. The van der Waals surface area contributed by atoms with Crippen LogP contribution in [-0.2, 0) is 16.9 Å². The molecule has 4 fully saturated rings. The summed E-state index contributed by atoms with van der Waals surface area (Å²) in [6, 6.07) is 5.50. The Labute approximate surface area is 220 Å². The Morgan fingerprint density at radius 3 is 2.56 bits per heavy atom. The fourth-order valence-electron chi connectivity index (χ4n) is 6.85. The van der Waals surface area contributed by atoms with Crippen LogP contribution in [0.3, 0.4) is 0 Å². The minimum absolute atomic E-state index is 0.0395. The summed E-state index contributed by atoms with van der Waals surface area (Å²) < 4.78 is 4.44. The van der Waals surface area contributed by atoms with Gasteiger partial charge in [-0.3, -0.25) is 9.48 Å². The molecule has 1 amide bonds. The lowest BCUT2D eigenvalue weighted by atomic mass is 9.46. The maximum absolute atomic E-state index is 13.8. The number of nitrogens with one attached hydrogen (secondary N) is 1. The molecule has 2 atom stereocenters. The Morgan fingerprint density at radius 1 is 1.12 bits per heavy atom. The maximum Gasteiger partial charge on any atom is 0.242 e. The molecule has 4 saturated carbocycles. The van der Waals surface area contributed by atoms with Crippen molar-refractivity contribution in [3.8, 4) is 0 Å². The van der Waals surface area contributed by atoms with Crippen molar-refractivity contribution in [2.45, 2.75) is 50.6 Å². The number of carbonyl (C=O) groups excluding carboxylic acids is 1. The van der Waals surface area contributed by atoms with Crippen LogP contribution in [0, 0.1) is 17.3 Å². The van der Waals surface area contributed by atoms with Crippen molar-refractivity contribution in [3.63, 3.8) is 0 Å². The van der Waals surface area contributed by atoms with Crippen molar-refractivity contribution in [3.05, 3.63) is 56.1 Å². The van der Waals surface area contributed by atoms with Gasteiger partial charge in [0.2, 0.25) is 11.2 Å². The first-order valence-corrected chi connectivity index (χ1v) is 13.2. The first kappa shape index (κ1) is 22.8. The SMILES string of the molecule is O=C(Nc1nn(Cc2ccc(Cl)c(Cl)c2)cc1Br)C12CC3CC(C1)CC(n1cnc(Cl)n1)(C3)C2. The molecule has 1 aromatic carbocycles. The predicted molar refractivity (Wildman–Crippen MR) is 134 cm³/mol. The highest BCUT2D eigenvalue weighted by Gasteiger charge is 2.61. The van der Waals surface area contributed by atoms with Crippen molar-refractivity contribution in [1.82, 2.24) is 24.5 Å². The van der Waals surface area contributed by atoms with Crippen molar-refractivity contribution in [1.29, 1.82) is 0 Å². The van der Waals surface area contributed by atoms with Crippen LogP contribution < -0.4 is 5.32 Å². The van der Waals surface area contributed by atoms with E-state index in [9.17, 15) is 4.79 Å². The van der Waals surface area contributed by atoms with E-state index in [0.29, 0.717) is 34.2 Å². The first-order chi connectivity index (χ1) is 16.2. The number of anilines is 1. The Morgan fingerprint density at radius 2 is 1.88 bits per heavy atom. The second kappa shape index (κ2) is 8.22. The van der Waals surface area contributed by atoms with Crippen molar-refractivity contribution < 1.29 is 4.79 Å². The Balaban J connectivity index is 1.23. The number of carbonyl (C=O) groups is 1. The lowest BCUT2D eigenvalue weighted by molar-refractivity contribution is -0.150. The van der Waals surface area contributed by atoms with Gasteiger partial charge < -0.3 is 5.32 Å². The standard InChI is InChI=1S/C23H22BrCl3N6O/c24-16-10-32(9-13-1-2-17(25)18(26)4-13)30-19(16)29-20(34)22-5-14-3-15(6-22)8-23(7-14,11-22)33-12-28-21(27)31-33/h1-2,4,10,12,14-15H,3,5-9,11H2,(H,29,30,34). The molecule has 1 N–H and O–H groups in total. The summed E-state index contributed by atoms with van der Waals surface area (Å²) in [5.41, 5.74) is 0.346. The zero-order valence-electron chi connectivity index (χ0n) is 18.1. The van der Waals surface area contributed by atoms with Gasteiger partial charge in [0.25, 0.3) is 0 Å². The zero-order valence-corrected chi connectivity index (χ0v) is 22.0. The van der Waals surface area contributed by atoms with E-state index in [1.165, 1.54) is 6.42 Å². The van der Waals surface area contributed by atoms with Crippen LogP contribution in [0.5, 0.6) is 0 Å². The smallest absolute Gasteiger partial charge is 0.242 e. The van der Waals surface area contributed by atoms with E-state index in [-0.39, 0.29) is 16.7 Å². The molecule has 2 aromatic heterocycles. The summed E-state index contributed by atoms with van der Waals surface area (Å²) in [7, 11) is 0. The largest absolute Gasteiger partial charge is 0.308 e. The van der Waals surface area contributed by atoms with Crippen molar-refractivity contribution >= 4 is 62.5 Å². The van der Waals surface area contributed by atoms with Gasteiger partial charge in [0.05, 0.1) is 32.0 Å². The molecule has 7 rings (SSSR count). The van der Waals surface area contributed by atoms with E-state index in [1.807, 2.05) is 23.0 Å². The molecule has 7 nitrogen and oxygen atoms in total. The number of aromatic nitrogens is 5. The highest BCUT2D eigenvalue weighted by atomic mass is 79.9. The number of nitrogens with zero attached hydrogens (tertiary/aromatic N) is 5. The highest BCUT2D eigenvalue weighted by molar-refractivity contribution is 9.10. The van der Waals surface area contributed by atoms with E-state index in [1.54, 1.807) is 17.1 Å². The monoisotopic (exact) mass is 582 g/mol. The van der Waals surface area contributed by atoms with Crippen LogP contribution in [0.2, 0.25) is 15.3 Å². The summed E-state index contributed by atoms with van der Waals surface area (Å²) in [5, 5.41) is 13.5. The molecule has 3 aromatic rings. The Hall–Kier alpha value is -1.61. The van der Waals surface area contributed by atoms with E-state index < -0.39 is 5.41 Å². The van der Waals surface area contributed by atoms with Gasteiger partial charge in [-0.2, -0.15) is 5.10 Å². The molecule has 4 aliphatic carbocycles. The Bertz CT molecular complexity index is 1280. The highest BCUT2D eigenvalue weighted by Crippen LogP contribution is 2.64. The van der Waals surface area contributed by atoms with Gasteiger partial charge in [0.15, 0.2) is 5.82 Å². The molecule has 0 radical (unpaired) electrons. The lowest BCUT2D eigenvalue weighted by Crippen LogP contribution is -2.60. The normalized spacial score (nSPS) is 29.5. The molecule has 2 unspecified atom stereocenters. The molecular formula is C23H22BrCl3N6O. The van der Waals surface area contributed by atoms with Crippen LogP contribution in [0.15, 0.2) is 35.2 Å². The van der Waals surface area contributed by atoms with Crippen LogP contribution in [0.1, 0.15) is 44.1 Å². The van der Waals surface area contributed by atoms with Gasteiger partial charge in [-0.15, -0.1) is 5.10 Å². The third-order valence-electron chi connectivity index (χ3n) is 7.74. The lowest BCUT2D eigenvalue weighted by Gasteiger charge is -2.60. The van der Waals surface area contributed by atoms with Crippen molar-refractivity contribution in [2.75, 3.05) is 5.32 Å². The summed E-state index contributed by atoms with van der Waals surface area (Å²) in [6.07, 6.45) is 9.38. The first-order valence-electron chi connectivity index (χ1n) is 11.3. The summed E-state index contributed by atoms with van der Waals surface area (Å²) in [4.78, 5) is 17.9. The third-order valence-corrected chi connectivity index (χ3v) is 9.23. The van der Waals surface area contributed by atoms with Gasteiger partial charge in [0.1, 0.15) is 6.33 Å². The average Bonchev–Trinajstić information content (AvgIpc) is 3.36. The zero-order chi connectivity index (χ0) is 23.7. The van der Waals surface area contributed by atoms with Crippen LogP contribution in [-0.4, -0.2) is 30.5 Å². The molecule has 0 saturated heterocycles. The second-order valence-corrected chi connectivity index (χ2v) is 12.2. The Kier molecular flexibility index (Phi) is 5.52. The minimum atomic E-state index is -0.435. The number of rotatable bonds is 5. The van der Waals surface area contributed by atoms with Crippen LogP contribution in [0.4, 0.5) is 5.82 Å². The van der Waals surface area contributed by atoms with Gasteiger partial charge >= 0.3 is 0 Å². The topological polar surface area (TPSA) is 77.6 Å². The quantitative estimate of drug-likeness (QED) is 0.389. The molecule has 4 aliphatic rings. The molecule has 4 bridgehead atoms. The van der Waals surface area contributed by atoms with E-state index in [4.69, 9.17) is 34.8 Å². The third kappa shape index (κ3) is 3.87. The summed E-state index contributed by atoms with van der Waals surface area (Å²) >= 11 is 21.8. The molecule has 178 valence electrons. The predicted octanol–water partition coefficient (Wildman–Crippen LogP) is 6.18. The molecular weight excluding hydrogens is 563 g/mol. The number of amides is 1. The van der Waals surface area contributed by atoms with E-state index >= 15 is 0 Å². The van der Waals surface area contributed by atoms with Gasteiger partial charge in [-0.1, -0.05) is 29.3 Å². The van der Waals surface area contributed by atoms with Crippen LogP contribution >= 0.6 is 50.7 Å².